The lowest BCUT2D eigenvalue weighted by atomic mass is 9.96. The molecule has 0 saturated heterocycles. The van der Waals surface area contributed by atoms with Crippen molar-refractivity contribution in [2.45, 2.75) is 26.3 Å². The first-order chi connectivity index (χ1) is 12.0. The molecule has 0 aliphatic heterocycles. The maximum atomic E-state index is 14.2. The number of nitrogens with two attached hydrogens (primary N) is 1. The molecule has 0 aliphatic carbocycles. The van der Waals surface area contributed by atoms with Crippen LogP contribution in [0.5, 0.6) is 0 Å². The zero-order valence-corrected chi connectivity index (χ0v) is 14.2. The molecular weight excluding hydrogens is 315 g/mol. The summed E-state index contributed by atoms with van der Waals surface area (Å²) in [4.78, 5) is 8.69. The van der Waals surface area contributed by atoms with E-state index in [1.54, 1.807) is 30.6 Å². The van der Waals surface area contributed by atoms with Gasteiger partial charge in [0.2, 0.25) is 0 Å². The standard InChI is InChI=1S/C20H19FN4/c1-12(2)7-18(23)19-8-14(11-22)17-10-15(21)9-16(20(17)25-19)13-3-5-24-6-4-13/h3-6,8-10,12,18H,7,23H2,1-2H3. The number of hydrogen-bond acceptors (Lipinski definition) is 4. The number of aromatic nitrogens is 2. The number of halogens is 1. The summed E-state index contributed by atoms with van der Waals surface area (Å²) in [5.74, 6) is 0.00256. The number of benzene rings is 1. The molecule has 2 heterocycles. The van der Waals surface area contributed by atoms with Crippen molar-refractivity contribution in [3.8, 4) is 17.2 Å². The summed E-state index contributed by atoms with van der Waals surface area (Å²) in [6.45, 7) is 4.17. The molecule has 0 spiro atoms. The Labute approximate surface area is 146 Å². The van der Waals surface area contributed by atoms with Crippen molar-refractivity contribution < 1.29 is 4.39 Å². The van der Waals surface area contributed by atoms with Crippen molar-refractivity contribution in [1.29, 1.82) is 5.26 Å². The summed E-state index contributed by atoms with van der Waals surface area (Å²) in [5.41, 5.74) is 9.32. The molecule has 1 unspecified atom stereocenters. The van der Waals surface area contributed by atoms with Gasteiger partial charge in [-0.15, -0.1) is 0 Å². The average Bonchev–Trinajstić information content (AvgIpc) is 2.60. The van der Waals surface area contributed by atoms with E-state index in [4.69, 9.17) is 10.7 Å². The number of pyridine rings is 2. The molecule has 0 aliphatic rings. The smallest absolute Gasteiger partial charge is 0.124 e. The molecule has 1 aromatic carbocycles. The molecule has 3 rings (SSSR count). The second-order valence-corrected chi connectivity index (χ2v) is 6.53. The predicted molar refractivity (Wildman–Crippen MR) is 96.0 cm³/mol. The third-order valence-corrected chi connectivity index (χ3v) is 4.11. The van der Waals surface area contributed by atoms with Gasteiger partial charge in [0, 0.05) is 29.4 Å². The summed E-state index contributed by atoms with van der Waals surface area (Å²) in [6.07, 6.45) is 4.05. The Morgan fingerprint density at radius 1 is 1.20 bits per heavy atom. The lowest BCUT2D eigenvalue weighted by molar-refractivity contribution is 0.503. The van der Waals surface area contributed by atoms with Crippen molar-refractivity contribution in [2.75, 3.05) is 0 Å². The van der Waals surface area contributed by atoms with Gasteiger partial charge in [0.1, 0.15) is 5.82 Å². The summed E-state index contributed by atoms with van der Waals surface area (Å²) in [6, 6.07) is 9.92. The highest BCUT2D eigenvalue weighted by atomic mass is 19.1. The molecule has 4 nitrogen and oxygen atoms in total. The average molecular weight is 334 g/mol. The first-order valence-corrected chi connectivity index (χ1v) is 8.20. The first kappa shape index (κ1) is 17.0. The highest BCUT2D eigenvalue weighted by Gasteiger charge is 2.17. The molecule has 0 saturated carbocycles. The van der Waals surface area contributed by atoms with E-state index in [2.05, 4.69) is 24.9 Å². The molecule has 25 heavy (non-hydrogen) atoms. The molecule has 0 bridgehead atoms. The maximum absolute atomic E-state index is 14.2. The van der Waals surface area contributed by atoms with E-state index >= 15 is 0 Å². The number of rotatable bonds is 4. The van der Waals surface area contributed by atoms with E-state index in [1.165, 1.54) is 12.1 Å². The topological polar surface area (TPSA) is 75.6 Å². The molecule has 1 atom stereocenters. The Bertz CT molecular complexity index is 945. The lowest BCUT2D eigenvalue weighted by Gasteiger charge is -2.16. The van der Waals surface area contributed by atoms with Crippen molar-refractivity contribution in [2.24, 2.45) is 11.7 Å². The third-order valence-electron chi connectivity index (χ3n) is 4.11. The molecule has 2 aromatic heterocycles. The zero-order chi connectivity index (χ0) is 18.0. The van der Waals surface area contributed by atoms with E-state index in [-0.39, 0.29) is 6.04 Å². The van der Waals surface area contributed by atoms with Crippen LogP contribution in [0.4, 0.5) is 4.39 Å². The van der Waals surface area contributed by atoms with Crippen LogP contribution in [0.15, 0.2) is 42.7 Å². The minimum absolute atomic E-state index is 0.271. The van der Waals surface area contributed by atoms with Gasteiger partial charge in [-0.1, -0.05) is 13.8 Å². The second-order valence-electron chi connectivity index (χ2n) is 6.53. The van der Waals surface area contributed by atoms with Gasteiger partial charge >= 0.3 is 0 Å². The van der Waals surface area contributed by atoms with Crippen LogP contribution in [0.25, 0.3) is 22.0 Å². The fourth-order valence-electron chi connectivity index (χ4n) is 2.97. The molecule has 0 radical (unpaired) electrons. The van der Waals surface area contributed by atoms with Gasteiger partial charge < -0.3 is 5.73 Å². The molecule has 0 amide bonds. The number of nitrogens with zero attached hydrogens (tertiary/aromatic N) is 3. The quantitative estimate of drug-likeness (QED) is 0.769. The summed E-state index contributed by atoms with van der Waals surface area (Å²) in [7, 11) is 0. The monoisotopic (exact) mass is 334 g/mol. The molecule has 5 heteroatoms. The Morgan fingerprint density at radius 3 is 2.56 bits per heavy atom. The summed E-state index contributed by atoms with van der Waals surface area (Å²) in [5, 5.41) is 10.0. The number of hydrogen-bond donors (Lipinski definition) is 1. The van der Waals surface area contributed by atoms with Crippen LogP contribution in [0.2, 0.25) is 0 Å². The van der Waals surface area contributed by atoms with Gasteiger partial charge in [-0.3, -0.25) is 9.97 Å². The molecule has 126 valence electrons. The van der Waals surface area contributed by atoms with Gasteiger partial charge in [-0.2, -0.15) is 5.26 Å². The Kier molecular flexibility index (Phi) is 4.73. The predicted octanol–water partition coefficient (Wildman–Crippen LogP) is 4.35. The SMILES string of the molecule is CC(C)CC(N)c1cc(C#N)c2cc(F)cc(-c3ccncc3)c2n1. The van der Waals surface area contributed by atoms with Crippen LogP contribution in [-0.2, 0) is 0 Å². The van der Waals surface area contributed by atoms with E-state index < -0.39 is 5.82 Å². The Hall–Kier alpha value is -2.84. The Morgan fingerprint density at radius 2 is 1.92 bits per heavy atom. The van der Waals surface area contributed by atoms with Crippen molar-refractivity contribution >= 4 is 10.9 Å². The van der Waals surface area contributed by atoms with Crippen LogP contribution in [0.1, 0.15) is 37.6 Å². The lowest BCUT2D eigenvalue weighted by Crippen LogP contribution is -2.15. The highest BCUT2D eigenvalue weighted by Crippen LogP contribution is 2.32. The van der Waals surface area contributed by atoms with Crippen LogP contribution < -0.4 is 5.73 Å². The van der Waals surface area contributed by atoms with E-state index in [9.17, 15) is 9.65 Å². The van der Waals surface area contributed by atoms with E-state index in [0.29, 0.717) is 33.6 Å². The van der Waals surface area contributed by atoms with Gasteiger partial charge in [0.05, 0.1) is 22.8 Å². The Balaban J connectivity index is 2.28. The van der Waals surface area contributed by atoms with E-state index in [1.807, 2.05) is 0 Å². The van der Waals surface area contributed by atoms with Crippen molar-refractivity contribution in [3.63, 3.8) is 0 Å². The molecule has 3 aromatic rings. The maximum Gasteiger partial charge on any atom is 0.124 e. The summed E-state index contributed by atoms with van der Waals surface area (Å²) >= 11 is 0. The van der Waals surface area contributed by atoms with Gasteiger partial charge in [-0.05, 0) is 48.2 Å². The normalized spacial score (nSPS) is 12.3. The highest BCUT2D eigenvalue weighted by molar-refractivity contribution is 5.96. The summed E-state index contributed by atoms with van der Waals surface area (Å²) < 4.78 is 14.2. The number of nitriles is 1. The number of fused-ring (bicyclic) bond motifs is 1. The van der Waals surface area contributed by atoms with Gasteiger partial charge in [-0.25, -0.2) is 4.39 Å². The zero-order valence-electron chi connectivity index (χ0n) is 14.2. The fourth-order valence-corrected chi connectivity index (χ4v) is 2.97. The van der Waals surface area contributed by atoms with Crippen LogP contribution >= 0.6 is 0 Å². The van der Waals surface area contributed by atoms with Crippen LogP contribution in [0, 0.1) is 23.1 Å². The first-order valence-electron chi connectivity index (χ1n) is 8.20. The fraction of sp³-hybridized carbons (Fsp3) is 0.250. The van der Waals surface area contributed by atoms with E-state index in [0.717, 1.165) is 12.0 Å². The van der Waals surface area contributed by atoms with Crippen molar-refractivity contribution in [1.82, 2.24) is 9.97 Å². The van der Waals surface area contributed by atoms with Gasteiger partial charge in [0.25, 0.3) is 0 Å². The molecular formula is C20H19FN4. The van der Waals surface area contributed by atoms with Crippen LogP contribution in [0.3, 0.4) is 0 Å². The van der Waals surface area contributed by atoms with Crippen LogP contribution in [-0.4, -0.2) is 9.97 Å². The molecule has 0 fully saturated rings. The second kappa shape index (κ2) is 6.96. The minimum atomic E-state index is -0.406. The minimum Gasteiger partial charge on any atom is -0.323 e. The molecule has 2 N–H and O–H groups in total. The van der Waals surface area contributed by atoms with Crippen molar-refractivity contribution in [3.05, 3.63) is 59.8 Å². The van der Waals surface area contributed by atoms with Gasteiger partial charge in [0.15, 0.2) is 0 Å². The largest absolute Gasteiger partial charge is 0.323 e. The third kappa shape index (κ3) is 3.49.